The zero-order chi connectivity index (χ0) is 30.7. The van der Waals surface area contributed by atoms with Crippen LogP contribution in [0.2, 0.25) is 0 Å². The highest BCUT2D eigenvalue weighted by molar-refractivity contribution is 8.18. The molecule has 0 radical (unpaired) electrons. The molecular formula is C33H29N3O6S. The lowest BCUT2D eigenvalue weighted by atomic mass is 10.1. The van der Waals surface area contributed by atoms with Gasteiger partial charge in [0.05, 0.1) is 42.5 Å². The predicted molar refractivity (Wildman–Crippen MR) is 166 cm³/mol. The lowest BCUT2D eigenvalue weighted by Crippen LogP contribution is -2.28. The fourth-order valence-corrected chi connectivity index (χ4v) is 5.78. The van der Waals surface area contributed by atoms with Gasteiger partial charge in [-0.2, -0.15) is 0 Å². The Morgan fingerprint density at radius 3 is 2.33 bits per heavy atom. The van der Waals surface area contributed by atoms with Crippen molar-refractivity contribution in [2.45, 2.75) is 20.4 Å². The van der Waals surface area contributed by atoms with Crippen LogP contribution >= 0.6 is 11.8 Å². The lowest BCUT2D eigenvalue weighted by molar-refractivity contribution is -0.122. The Balaban J connectivity index is 1.51. The highest BCUT2D eigenvalue weighted by Crippen LogP contribution is 2.36. The molecule has 0 aliphatic carbocycles. The first-order valence-corrected chi connectivity index (χ1v) is 14.1. The van der Waals surface area contributed by atoms with E-state index in [1.165, 1.54) is 31.0 Å². The number of carbonyl (C=O) groups is 3. The molecule has 5 rings (SSSR count). The van der Waals surface area contributed by atoms with E-state index < -0.39 is 11.9 Å². The smallest absolute Gasteiger partial charge is 0.337 e. The number of amides is 1. The van der Waals surface area contributed by atoms with Gasteiger partial charge in [0.2, 0.25) is 0 Å². The molecule has 1 aromatic heterocycles. The molecule has 0 unspecified atom stereocenters. The minimum atomic E-state index is -1.01. The molecule has 218 valence electrons. The molecule has 2 heterocycles. The normalized spacial score (nSPS) is 14.9. The summed E-state index contributed by atoms with van der Waals surface area (Å²) in [4.78, 5) is 44.1. The van der Waals surface area contributed by atoms with Gasteiger partial charge in [-0.05, 0) is 103 Å². The summed E-state index contributed by atoms with van der Waals surface area (Å²) in [6, 6.07) is 22.9. The zero-order valence-electron chi connectivity index (χ0n) is 24.0. The van der Waals surface area contributed by atoms with E-state index in [-0.39, 0.29) is 18.0 Å². The van der Waals surface area contributed by atoms with Gasteiger partial charge >= 0.3 is 11.9 Å². The number of carboxylic acid groups (broad SMARTS) is 1. The molecule has 0 spiro atoms. The standard InChI is InChI=1S/C33H29N3O6S/c1-20-16-25(21(2)36(20)27-7-5-6-24(17-27)32(40)42-4)18-29-30(37)35(19-22-8-10-23(11-9-22)31(38)39)33(43-29)34-26-12-14-28(41-3)15-13-26/h5-18H,19H2,1-4H3,(H,38,39)/b29-18-,34-33?. The van der Waals surface area contributed by atoms with E-state index in [9.17, 15) is 19.5 Å². The van der Waals surface area contributed by atoms with Gasteiger partial charge < -0.3 is 19.1 Å². The topological polar surface area (TPSA) is 110 Å². The van der Waals surface area contributed by atoms with Crippen LogP contribution in [0.3, 0.4) is 0 Å². The van der Waals surface area contributed by atoms with Gasteiger partial charge in [0.1, 0.15) is 5.75 Å². The molecule has 1 aliphatic rings. The number of carboxylic acids is 1. The van der Waals surface area contributed by atoms with Gasteiger partial charge in [-0.3, -0.25) is 9.69 Å². The number of amidine groups is 1. The fourth-order valence-electron chi connectivity index (χ4n) is 4.80. The summed E-state index contributed by atoms with van der Waals surface area (Å²) in [7, 11) is 2.94. The second-order valence-electron chi connectivity index (χ2n) is 9.80. The highest BCUT2D eigenvalue weighted by Gasteiger charge is 2.34. The van der Waals surface area contributed by atoms with Gasteiger partial charge in [0.15, 0.2) is 5.17 Å². The van der Waals surface area contributed by atoms with E-state index >= 15 is 0 Å². The number of carbonyl (C=O) groups excluding carboxylic acids is 2. The molecule has 43 heavy (non-hydrogen) atoms. The maximum atomic E-state index is 13.8. The van der Waals surface area contributed by atoms with Crippen molar-refractivity contribution in [1.82, 2.24) is 9.47 Å². The number of aliphatic imine (C=N–C) groups is 1. The van der Waals surface area contributed by atoms with Crippen LogP contribution in [0.4, 0.5) is 5.69 Å². The van der Waals surface area contributed by atoms with Crippen LogP contribution in [0.15, 0.2) is 88.8 Å². The number of aryl methyl sites for hydroxylation is 1. The summed E-state index contributed by atoms with van der Waals surface area (Å²) in [5.74, 6) is -0.943. The lowest BCUT2D eigenvalue weighted by Gasteiger charge is -2.16. The molecule has 10 heteroatoms. The summed E-state index contributed by atoms with van der Waals surface area (Å²) in [5, 5.41) is 9.76. The van der Waals surface area contributed by atoms with Crippen molar-refractivity contribution < 1.29 is 29.0 Å². The Morgan fingerprint density at radius 1 is 0.953 bits per heavy atom. The molecule has 1 aliphatic heterocycles. The largest absolute Gasteiger partial charge is 0.497 e. The number of thioether (sulfide) groups is 1. The molecule has 1 fully saturated rings. The second kappa shape index (κ2) is 12.4. The summed E-state index contributed by atoms with van der Waals surface area (Å²) >= 11 is 1.27. The van der Waals surface area contributed by atoms with Gasteiger partial charge in [-0.25, -0.2) is 14.6 Å². The first-order chi connectivity index (χ1) is 20.7. The summed E-state index contributed by atoms with van der Waals surface area (Å²) in [6.07, 6.45) is 1.85. The molecule has 0 atom stereocenters. The zero-order valence-corrected chi connectivity index (χ0v) is 24.8. The quantitative estimate of drug-likeness (QED) is 0.186. The van der Waals surface area contributed by atoms with Crippen LogP contribution in [-0.2, 0) is 16.1 Å². The van der Waals surface area contributed by atoms with Crippen molar-refractivity contribution in [2.24, 2.45) is 4.99 Å². The Morgan fingerprint density at radius 2 is 1.67 bits per heavy atom. The number of ether oxygens (including phenoxy) is 2. The minimum Gasteiger partial charge on any atom is -0.497 e. The number of benzene rings is 3. The molecule has 1 N–H and O–H groups in total. The maximum absolute atomic E-state index is 13.8. The third kappa shape index (κ3) is 6.24. The molecule has 4 aromatic rings. The Bertz CT molecular complexity index is 1770. The monoisotopic (exact) mass is 595 g/mol. The van der Waals surface area contributed by atoms with Crippen molar-refractivity contribution >= 4 is 46.5 Å². The van der Waals surface area contributed by atoms with Gasteiger partial charge in [-0.15, -0.1) is 0 Å². The average molecular weight is 596 g/mol. The van der Waals surface area contributed by atoms with Crippen molar-refractivity contribution in [2.75, 3.05) is 14.2 Å². The number of hydrogen-bond donors (Lipinski definition) is 1. The van der Waals surface area contributed by atoms with Crippen LogP contribution in [-0.4, -0.2) is 51.8 Å². The first kappa shape index (κ1) is 29.4. The van der Waals surface area contributed by atoms with E-state index in [2.05, 4.69) is 0 Å². The molecule has 0 saturated carbocycles. The van der Waals surface area contributed by atoms with Gasteiger partial charge in [-0.1, -0.05) is 18.2 Å². The summed E-state index contributed by atoms with van der Waals surface area (Å²) < 4.78 is 12.2. The first-order valence-electron chi connectivity index (χ1n) is 13.3. The number of methoxy groups -OCH3 is 2. The number of aromatic carboxylic acids is 1. The maximum Gasteiger partial charge on any atom is 0.337 e. The Kier molecular flexibility index (Phi) is 8.49. The number of hydrogen-bond acceptors (Lipinski definition) is 7. The third-order valence-corrected chi connectivity index (χ3v) is 8.02. The average Bonchev–Trinajstić information content (AvgIpc) is 3.46. The van der Waals surface area contributed by atoms with E-state index in [1.54, 1.807) is 54.5 Å². The predicted octanol–water partition coefficient (Wildman–Crippen LogP) is 6.39. The Hall–Kier alpha value is -5.09. The fraction of sp³-hybridized carbons (Fsp3) is 0.152. The number of rotatable bonds is 8. The van der Waals surface area contributed by atoms with Crippen LogP contribution in [0.25, 0.3) is 11.8 Å². The Labute approximate surface area is 253 Å². The SMILES string of the molecule is COC(=O)c1cccc(-n2c(C)cc(/C=C3\SC(=Nc4ccc(OC)cc4)N(Cc4ccc(C(=O)O)cc4)C3=O)c2C)c1. The molecule has 1 saturated heterocycles. The minimum absolute atomic E-state index is 0.172. The van der Waals surface area contributed by atoms with Crippen LogP contribution in [0.5, 0.6) is 5.75 Å². The van der Waals surface area contributed by atoms with Crippen molar-refractivity contribution in [3.63, 3.8) is 0 Å². The third-order valence-electron chi connectivity index (χ3n) is 7.01. The van der Waals surface area contributed by atoms with E-state index in [0.717, 1.165) is 28.2 Å². The molecule has 3 aromatic carbocycles. The summed E-state index contributed by atoms with van der Waals surface area (Å²) in [5.41, 5.74) is 5.54. The van der Waals surface area contributed by atoms with Crippen molar-refractivity contribution in [3.05, 3.63) is 117 Å². The van der Waals surface area contributed by atoms with E-state index in [4.69, 9.17) is 14.5 Å². The van der Waals surface area contributed by atoms with Gasteiger partial charge in [0, 0.05) is 17.1 Å². The number of nitrogens with zero attached hydrogens (tertiary/aromatic N) is 3. The molecule has 9 nitrogen and oxygen atoms in total. The van der Waals surface area contributed by atoms with Crippen molar-refractivity contribution in [1.29, 1.82) is 0 Å². The second-order valence-corrected chi connectivity index (χ2v) is 10.8. The van der Waals surface area contributed by atoms with Gasteiger partial charge in [0.25, 0.3) is 5.91 Å². The van der Waals surface area contributed by atoms with Crippen LogP contribution < -0.4 is 4.74 Å². The van der Waals surface area contributed by atoms with E-state index in [0.29, 0.717) is 27.1 Å². The number of esters is 1. The molecule has 1 amide bonds. The highest BCUT2D eigenvalue weighted by atomic mass is 32.2. The van der Waals surface area contributed by atoms with Crippen LogP contribution in [0.1, 0.15) is 43.2 Å². The van der Waals surface area contributed by atoms with E-state index in [1.807, 2.05) is 48.8 Å². The molecular weight excluding hydrogens is 566 g/mol. The number of aromatic nitrogens is 1. The molecule has 0 bridgehead atoms. The summed E-state index contributed by atoms with van der Waals surface area (Å²) in [6.45, 7) is 4.15. The van der Waals surface area contributed by atoms with Crippen molar-refractivity contribution in [3.8, 4) is 11.4 Å². The van der Waals surface area contributed by atoms with Crippen LogP contribution in [0, 0.1) is 13.8 Å².